The fourth-order valence-electron chi connectivity index (χ4n) is 2.97. The fraction of sp³-hybridized carbons (Fsp3) is 0.150. The molecule has 0 saturated heterocycles. The molecule has 0 atom stereocenters. The molecule has 3 N–H and O–H groups in total. The van der Waals surface area contributed by atoms with Crippen molar-refractivity contribution in [2.75, 3.05) is 24.7 Å². The summed E-state index contributed by atoms with van der Waals surface area (Å²) < 4.78 is 24.5. The number of hydrogen-bond donors (Lipinski definition) is 3. The second kappa shape index (κ2) is 7.98. The van der Waals surface area contributed by atoms with Crippen LogP contribution in [0.4, 0.5) is 11.6 Å². The molecule has 30 heavy (non-hydrogen) atoms. The minimum Gasteiger partial charge on any atom is -0.395 e. The standard InChI is InChI=1S/C20H18N4O4S2/c1-30(27,28)14-4-2-3-13(9-14)23-20-22-11-12-5-6-16-15(18(12)24-20)10-17(29-16)19(26)21-7-8-25/h2-6,9-11,25H,7-8H2,1H3,(H,21,26)(H,22,23,24). The SMILES string of the molecule is CS(=O)(=O)c1cccc(Nc2ncc3ccc4sc(C(=O)NCCO)cc4c3n2)c1. The molecular weight excluding hydrogens is 424 g/mol. The van der Waals surface area contributed by atoms with Gasteiger partial charge >= 0.3 is 0 Å². The molecule has 0 radical (unpaired) electrons. The Kier molecular flexibility index (Phi) is 5.37. The highest BCUT2D eigenvalue weighted by Crippen LogP contribution is 2.31. The van der Waals surface area contributed by atoms with E-state index in [0.29, 0.717) is 22.0 Å². The van der Waals surface area contributed by atoms with Gasteiger partial charge in [-0.25, -0.2) is 18.4 Å². The number of aliphatic hydroxyl groups is 1. The van der Waals surface area contributed by atoms with E-state index in [1.54, 1.807) is 24.4 Å². The van der Waals surface area contributed by atoms with Crippen molar-refractivity contribution in [1.82, 2.24) is 15.3 Å². The Hall–Kier alpha value is -3.08. The maximum atomic E-state index is 12.2. The Bertz CT molecular complexity index is 1370. The molecule has 154 valence electrons. The molecule has 2 heterocycles. The molecule has 0 aliphatic carbocycles. The van der Waals surface area contributed by atoms with Gasteiger partial charge in [0.05, 0.1) is 21.9 Å². The van der Waals surface area contributed by atoms with Gasteiger partial charge in [0, 0.05) is 40.2 Å². The lowest BCUT2D eigenvalue weighted by molar-refractivity contribution is 0.0949. The molecule has 0 bridgehead atoms. The number of nitrogens with zero attached hydrogens (tertiary/aromatic N) is 2. The third-order valence-electron chi connectivity index (χ3n) is 4.39. The van der Waals surface area contributed by atoms with Gasteiger partial charge in [0.15, 0.2) is 9.84 Å². The van der Waals surface area contributed by atoms with Crippen LogP contribution >= 0.6 is 11.3 Å². The van der Waals surface area contributed by atoms with Crippen LogP contribution in [0.25, 0.3) is 21.0 Å². The molecule has 0 aliphatic heterocycles. The lowest BCUT2D eigenvalue weighted by Crippen LogP contribution is -2.25. The van der Waals surface area contributed by atoms with Gasteiger partial charge in [-0.2, -0.15) is 0 Å². The number of fused-ring (bicyclic) bond motifs is 3. The number of carbonyl (C=O) groups is 1. The topological polar surface area (TPSA) is 121 Å². The Morgan fingerprint density at radius 1 is 1.20 bits per heavy atom. The molecule has 0 fully saturated rings. The fourth-order valence-corrected chi connectivity index (χ4v) is 4.62. The predicted octanol–water partition coefficient (Wildman–Crippen LogP) is 2.71. The first kappa shape index (κ1) is 20.2. The number of aliphatic hydroxyl groups excluding tert-OH is 1. The highest BCUT2D eigenvalue weighted by Gasteiger charge is 2.14. The summed E-state index contributed by atoms with van der Waals surface area (Å²) in [4.78, 5) is 21.8. The zero-order valence-corrected chi connectivity index (χ0v) is 17.5. The summed E-state index contributed by atoms with van der Waals surface area (Å²) in [6.45, 7) is 0.0684. The van der Waals surface area contributed by atoms with Crippen molar-refractivity contribution >= 4 is 59.7 Å². The van der Waals surface area contributed by atoms with Crippen LogP contribution in [-0.4, -0.2) is 48.8 Å². The van der Waals surface area contributed by atoms with E-state index in [4.69, 9.17) is 5.11 Å². The zero-order chi connectivity index (χ0) is 21.3. The Balaban J connectivity index is 1.72. The maximum Gasteiger partial charge on any atom is 0.261 e. The van der Waals surface area contributed by atoms with E-state index in [2.05, 4.69) is 20.6 Å². The molecule has 2 aromatic heterocycles. The summed E-state index contributed by atoms with van der Waals surface area (Å²) in [7, 11) is -3.33. The number of thiophene rings is 1. The summed E-state index contributed by atoms with van der Waals surface area (Å²) in [6.07, 6.45) is 2.83. The molecule has 0 spiro atoms. The van der Waals surface area contributed by atoms with E-state index in [1.807, 2.05) is 12.1 Å². The van der Waals surface area contributed by atoms with Crippen LogP contribution in [0.15, 0.2) is 53.6 Å². The van der Waals surface area contributed by atoms with E-state index >= 15 is 0 Å². The average molecular weight is 443 g/mol. The van der Waals surface area contributed by atoms with E-state index in [0.717, 1.165) is 21.7 Å². The highest BCUT2D eigenvalue weighted by molar-refractivity contribution is 7.90. The average Bonchev–Trinajstić information content (AvgIpc) is 3.16. The Morgan fingerprint density at radius 2 is 2.03 bits per heavy atom. The van der Waals surface area contributed by atoms with Crippen molar-refractivity contribution in [3.8, 4) is 0 Å². The first-order chi connectivity index (χ1) is 14.3. The second-order valence-electron chi connectivity index (χ2n) is 6.62. The van der Waals surface area contributed by atoms with Crippen molar-refractivity contribution in [3.05, 3.63) is 53.5 Å². The lowest BCUT2D eigenvalue weighted by atomic mass is 10.2. The lowest BCUT2D eigenvalue weighted by Gasteiger charge is -2.07. The number of hydrogen-bond acceptors (Lipinski definition) is 8. The van der Waals surface area contributed by atoms with Crippen LogP contribution in [0.3, 0.4) is 0 Å². The first-order valence-corrected chi connectivity index (χ1v) is 11.7. The molecule has 2 aromatic carbocycles. The molecular formula is C20H18N4O4S2. The maximum absolute atomic E-state index is 12.2. The smallest absolute Gasteiger partial charge is 0.261 e. The largest absolute Gasteiger partial charge is 0.395 e. The van der Waals surface area contributed by atoms with Crippen LogP contribution in [0.1, 0.15) is 9.67 Å². The van der Waals surface area contributed by atoms with Crippen molar-refractivity contribution in [3.63, 3.8) is 0 Å². The molecule has 0 saturated carbocycles. The van der Waals surface area contributed by atoms with Crippen LogP contribution in [0, 0.1) is 0 Å². The van der Waals surface area contributed by atoms with Crippen LogP contribution in [0.5, 0.6) is 0 Å². The summed E-state index contributed by atoms with van der Waals surface area (Å²) in [5.41, 5.74) is 1.24. The Labute approximate surface area is 176 Å². The highest BCUT2D eigenvalue weighted by atomic mass is 32.2. The van der Waals surface area contributed by atoms with Crippen LogP contribution in [0.2, 0.25) is 0 Å². The van der Waals surface area contributed by atoms with Gasteiger partial charge in [-0.3, -0.25) is 4.79 Å². The van der Waals surface area contributed by atoms with Crippen molar-refractivity contribution < 1.29 is 18.3 Å². The number of rotatable bonds is 6. The van der Waals surface area contributed by atoms with Crippen molar-refractivity contribution in [1.29, 1.82) is 0 Å². The molecule has 4 rings (SSSR count). The second-order valence-corrected chi connectivity index (χ2v) is 9.72. The number of nitrogens with one attached hydrogen (secondary N) is 2. The predicted molar refractivity (Wildman–Crippen MR) is 117 cm³/mol. The minimum atomic E-state index is -3.33. The summed E-state index contributed by atoms with van der Waals surface area (Å²) in [6, 6.07) is 12.0. The van der Waals surface area contributed by atoms with E-state index in [1.165, 1.54) is 23.5 Å². The Morgan fingerprint density at radius 3 is 2.80 bits per heavy atom. The van der Waals surface area contributed by atoms with Gasteiger partial charge in [0.1, 0.15) is 0 Å². The third-order valence-corrected chi connectivity index (χ3v) is 6.60. The van der Waals surface area contributed by atoms with Gasteiger partial charge in [0.25, 0.3) is 5.91 Å². The van der Waals surface area contributed by atoms with Crippen molar-refractivity contribution in [2.45, 2.75) is 4.90 Å². The summed E-state index contributed by atoms with van der Waals surface area (Å²) in [5.74, 6) is 0.0709. The monoisotopic (exact) mass is 442 g/mol. The summed E-state index contributed by atoms with van der Waals surface area (Å²) in [5, 5.41) is 16.2. The van der Waals surface area contributed by atoms with E-state index < -0.39 is 9.84 Å². The van der Waals surface area contributed by atoms with Crippen molar-refractivity contribution in [2.24, 2.45) is 0 Å². The molecule has 8 nitrogen and oxygen atoms in total. The van der Waals surface area contributed by atoms with E-state index in [9.17, 15) is 13.2 Å². The number of aromatic nitrogens is 2. The minimum absolute atomic E-state index is 0.123. The van der Waals surface area contributed by atoms with E-state index in [-0.39, 0.29) is 24.0 Å². The number of sulfone groups is 1. The van der Waals surface area contributed by atoms with Crippen LogP contribution in [-0.2, 0) is 9.84 Å². The number of carbonyl (C=O) groups excluding carboxylic acids is 1. The van der Waals surface area contributed by atoms with Gasteiger partial charge in [-0.15, -0.1) is 11.3 Å². The number of benzene rings is 2. The molecule has 0 unspecified atom stereocenters. The molecule has 10 heteroatoms. The van der Waals surface area contributed by atoms with Crippen LogP contribution < -0.4 is 10.6 Å². The number of anilines is 2. The third kappa shape index (κ3) is 4.11. The normalized spacial score (nSPS) is 11.7. The van der Waals surface area contributed by atoms with Gasteiger partial charge in [0.2, 0.25) is 5.95 Å². The molecule has 4 aromatic rings. The quantitative estimate of drug-likeness (QED) is 0.420. The zero-order valence-electron chi connectivity index (χ0n) is 15.9. The molecule has 0 aliphatic rings. The van der Waals surface area contributed by atoms with Gasteiger partial charge in [-0.05, 0) is 36.4 Å². The first-order valence-electron chi connectivity index (χ1n) is 9.00. The number of amides is 1. The van der Waals surface area contributed by atoms with Gasteiger partial charge < -0.3 is 15.7 Å². The summed E-state index contributed by atoms with van der Waals surface area (Å²) >= 11 is 1.34. The van der Waals surface area contributed by atoms with Gasteiger partial charge in [-0.1, -0.05) is 6.07 Å². The molecule has 1 amide bonds.